The Labute approximate surface area is 176 Å². The lowest BCUT2D eigenvalue weighted by Crippen LogP contribution is -2.43. The molecule has 0 bridgehead atoms. The molecule has 1 heterocycles. The smallest absolute Gasteiger partial charge is 0.261 e. The summed E-state index contributed by atoms with van der Waals surface area (Å²) in [5.41, 5.74) is 0.892. The Hall–Kier alpha value is -2.25. The quantitative estimate of drug-likeness (QED) is 0.633. The molecule has 1 saturated heterocycles. The lowest BCUT2D eigenvalue weighted by Gasteiger charge is -2.28. The van der Waals surface area contributed by atoms with Gasteiger partial charge in [-0.2, -0.15) is 0 Å². The van der Waals surface area contributed by atoms with Crippen LogP contribution in [0.4, 0.5) is 0 Å². The number of para-hydroxylation sites is 1. The molecule has 1 unspecified atom stereocenters. The highest BCUT2D eigenvalue weighted by Crippen LogP contribution is 2.25. The van der Waals surface area contributed by atoms with Crippen molar-refractivity contribution in [1.82, 2.24) is 4.90 Å². The van der Waals surface area contributed by atoms with E-state index in [9.17, 15) is 13.2 Å². The molecule has 6 nitrogen and oxygen atoms in total. The first-order chi connectivity index (χ1) is 13.9. The molecular formula is C21H24ClNO5S. The minimum absolute atomic E-state index is 0.0259. The van der Waals surface area contributed by atoms with Gasteiger partial charge in [0, 0.05) is 12.6 Å². The van der Waals surface area contributed by atoms with Crippen molar-refractivity contribution in [3.8, 4) is 11.5 Å². The largest absolute Gasteiger partial charge is 0.494 e. The van der Waals surface area contributed by atoms with E-state index in [1.807, 2.05) is 31.2 Å². The molecule has 2 aromatic carbocycles. The lowest BCUT2D eigenvalue weighted by molar-refractivity contribution is -0.136. The molecule has 8 heteroatoms. The Morgan fingerprint density at radius 2 is 1.86 bits per heavy atom. The summed E-state index contributed by atoms with van der Waals surface area (Å²) in [6, 6.07) is 14.0. The monoisotopic (exact) mass is 437 g/mol. The van der Waals surface area contributed by atoms with Crippen LogP contribution in [0.15, 0.2) is 48.5 Å². The van der Waals surface area contributed by atoms with Gasteiger partial charge in [0.15, 0.2) is 16.4 Å². The van der Waals surface area contributed by atoms with Gasteiger partial charge in [-0.25, -0.2) is 8.42 Å². The Morgan fingerprint density at radius 1 is 1.14 bits per heavy atom. The molecule has 1 fully saturated rings. The van der Waals surface area contributed by atoms with Crippen LogP contribution in [-0.4, -0.2) is 50.0 Å². The van der Waals surface area contributed by atoms with Crippen LogP contribution in [0.2, 0.25) is 5.02 Å². The number of halogens is 1. The van der Waals surface area contributed by atoms with Crippen molar-refractivity contribution in [2.75, 3.05) is 24.7 Å². The summed E-state index contributed by atoms with van der Waals surface area (Å²) in [5, 5.41) is 0.418. The summed E-state index contributed by atoms with van der Waals surface area (Å²) in [6.45, 7) is 2.58. The molecule has 0 N–H and O–H groups in total. The molecule has 0 aromatic heterocycles. The molecule has 1 aliphatic heterocycles. The molecule has 0 aliphatic carbocycles. The van der Waals surface area contributed by atoms with E-state index in [0.717, 1.165) is 11.3 Å². The lowest BCUT2D eigenvalue weighted by atomic mass is 10.1. The maximum Gasteiger partial charge on any atom is 0.261 e. The molecule has 29 heavy (non-hydrogen) atoms. The van der Waals surface area contributed by atoms with Crippen molar-refractivity contribution >= 4 is 27.3 Å². The van der Waals surface area contributed by atoms with Gasteiger partial charge in [0.05, 0.1) is 23.1 Å². The zero-order valence-corrected chi connectivity index (χ0v) is 17.8. The molecule has 1 atom stereocenters. The van der Waals surface area contributed by atoms with Gasteiger partial charge in [0.1, 0.15) is 11.5 Å². The number of hydrogen-bond donors (Lipinski definition) is 0. The van der Waals surface area contributed by atoms with Gasteiger partial charge in [0.2, 0.25) is 0 Å². The van der Waals surface area contributed by atoms with E-state index < -0.39 is 9.84 Å². The van der Waals surface area contributed by atoms with Crippen LogP contribution in [0.25, 0.3) is 0 Å². The van der Waals surface area contributed by atoms with Crippen LogP contribution < -0.4 is 9.47 Å². The van der Waals surface area contributed by atoms with Crippen LogP contribution in [0.3, 0.4) is 0 Å². The van der Waals surface area contributed by atoms with E-state index >= 15 is 0 Å². The van der Waals surface area contributed by atoms with Crippen molar-refractivity contribution < 1.29 is 22.7 Å². The molecule has 3 rings (SSSR count). The molecule has 1 aliphatic rings. The van der Waals surface area contributed by atoms with Gasteiger partial charge in [-0.05, 0) is 43.2 Å². The van der Waals surface area contributed by atoms with Crippen LogP contribution >= 0.6 is 11.6 Å². The fraction of sp³-hybridized carbons (Fsp3) is 0.381. The molecule has 0 saturated carbocycles. The van der Waals surface area contributed by atoms with E-state index in [1.54, 1.807) is 29.2 Å². The summed E-state index contributed by atoms with van der Waals surface area (Å²) >= 11 is 6.08. The van der Waals surface area contributed by atoms with Crippen molar-refractivity contribution in [2.45, 2.75) is 25.9 Å². The fourth-order valence-electron chi connectivity index (χ4n) is 3.28. The number of nitrogens with zero attached hydrogens (tertiary/aromatic N) is 1. The maximum absolute atomic E-state index is 12.9. The van der Waals surface area contributed by atoms with Crippen molar-refractivity contribution in [1.29, 1.82) is 0 Å². The van der Waals surface area contributed by atoms with Gasteiger partial charge in [-0.3, -0.25) is 4.79 Å². The van der Waals surface area contributed by atoms with Crippen LogP contribution in [0.1, 0.15) is 18.9 Å². The Kier molecular flexibility index (Phi) is 7.03. The number of hydrogen-bond acceptors (Lipinski definition) is 5. The molecule has 2 aromatic rings. The molecule has 1 amide bonds. The van der Waals surface area contributed by atoms with Crippen LogP contribution in [0, 0.1) is 0 Å². The highest BCUT2D eigenvalue weighted by molar-refractivity contribution is 7.91. The topological polar surface area (TPSA) is 72.9 Å². The third kappa shape index (κ3) is 5.87. The number of benzene rings is 2. The van der Waals surface area contributed by atoms with Gasteiger partial charge in [-0.15, -0.1) is 0 Å². The molecule has 0 radical (unpaired) electrons. The summed E-state index contributed by atoms with van der Waals surface area (Å²) in [4.78, 5) is 14.5. The number of rotatable bonds is 8. The van der Waals surface area contributed by atoms with Gasteiger partial charge in [-0.1, -0.05) is 35.9 Å². The normalized spacial score (nSPS) is 17.7. The summed E-state index contributed by atoms with van der Waals surface area (Å²) in [7, 11) is -3.13. The standard InChI is InChI=1S/C21H24ClNO5S/c1-2-27-18-9-7-16(8-10-18)13-23(17-11-12-29(25,26)15-17)21(24)14-28-20-6-4-3-5-19(20)22/h3-10,17H,2,11-15H2,1H3. The van der Waals surface area contributed by atoms with Crippen LogP contribution in [0.5, 0.6) is 11.5 Å². The minimum Gasteiger partial charge on any atom is -0.494 e. The number of sulfone groups is 1. The number of carbonyl (C=O) groups excluding carboxylic acids is 1. The van der Waals surface area contributed by atoms with E-state index in [-0.39, 0.29) is 30.1 Å². The first kappa shape index (κ1) is 21.5. The van der Waals surface area contributed by atoms with Crippen molar-refractivity contribution in [2.24, 2.45) is 0 Å². The first-order valence-electron chi connectivity index (χ1n) is 9.47. The van der Waals surface area contributed by atoms with Gasteiger partial charge >= 0.3 is 0 Å². The van der Waals surface area contributed by atoms with Crippen LogP contribution in [-0.2, 0) is 21.2 Å². The third-order valence-corrected chi connectivity index (χ3v) is 6.81. The summed E-state index contributed by atoms with van der Waals surface area (Å²) in [5.74, 6) is 0.959. The second-order valence-electron chi connectivity index (χ2n) is 6.87. The number of ether oxygens (including phenoxy) is 2. The second-order valence-corrected chi connectivity index (χ2v) is 9.51. The SMILES string of the molecule is CCOc1ccc(CN(C(=O)COc2ccccc2Cl)C2CCS(=O)(=O)C2)cc1. The number of carbonyl (C=O) groups is 1. The van der Waals surface area contributed by atoms with E-state index in [1.165, 1.54) is 0 Å². The second kappa shape index (κ2) is 9.50. The van der Waals surface area contributed by atoms with Gasteiger partial charge < -0.3 is 14.4 Å². The molecule has 0 spiro atoms. The summed E-state index contributed by atoms with van der Waals surface area (Å²) in [6.07, 6.45) is 0.428. The number of amides is 1. The zero-order valence-electron chi connectivity index (χ0n) is 16.2. The fourth-order valence-corrected chi connectivity index (χ4v) is 5.20. The Balaban J connectivity index is 1.73. The van der Waals surface area contributed by atoms with Crippen molar-refractivity contribution in [3.63, 3.8) is 0 Å². The highest BCUT2D eigenvalue weighted by atomic mass is 35.5. The molecular weight excluding hydrogens is 414 g/mol. The van der Waals surface area contributed by atoms with E-state index in [2.05, 4.69) is 0 Å². The van der Waals surface area contributed by atoms with Gasteiger partial charge in [0.25, 0.3) is 5.91 Å². The minimum atomic E-state index is -3.13. The van der Waals surface area contributed by atoms with Crippen molar-refractivity contribution in [3.05, 3.63) is 59.1 Å². The highest BCUT2D eigenvalue weighted by Gasteiger charge is 2.34. The Bertz CT molecular complexity index is 946. The average molecular weight is 438 g/mol. The third-order valence-electron chi connectivity index (χ3n) is 4.74. The first-order valence-corrected chi connectivity index (χ1v) is 11.7. The average Bonchev–Trinajstić information content (AvgIpc) is 3.06. The molecule has 156 valence electrons. The maximum atomic E-state index is 12.9. The van der Waals surface area contributed by atoms with E-state index in [4.69, 9.17) is 21.1 Å². The predicted octanol–water partition coefficient (Wildman–Crippen LogP) is 3.33. The summed E-state index contributed by atoms with van der Waals surface area (Å²) < 4.78 is 34.9. The predicted molar refractivity (Wildman–Crippen MR) is 112 cm³/mol. The zero-order chi connectivity index (χ0) is 20.9. The van der Waals surface area contributed by atoms with E-state index in [0.29, 0.717) is 30.3 Å². The Morgan fingerprint density at radius 3 is 2.48 bits per heavy atom.